The Morgan fingerprint density at radius 1 is 1.45 bits per heavy atom. The number of carbonyl (C=O) groups excluding carboxylic acids is 2. The van der Waals surface area contributed by atoms with Crippen molar-refractivity contribution in [1.82, 2.24) is 15.1 Å². The summed E-state index contributed by atoms with van der Waals surface area (Å²) in [6.45, 7) is 3.81. The van der Waals surface area contributed by atoms with Crippen LogP contribution in [0.5, 0.6) is 0 Å². The van der Waals surface area contributed by atoms with Crippen LogP contribution in [0.2, 0.25) is 0 Å². The van der Waals surface area contributed by atoms with Crippen molar-refractivity contribution >= 4 is 17.5 Å². The summed E-state index contributed by atoms with van der Waals surface area (Å²) in [6, 6.07) is 0. The van der Waals surface area contributed by atoms with Gasteiger partial charge in [0, 0.05) is 32.9 Å². The van der Waals surface area contributed by atoms with E-state index in [-0.39, 0.29) is 18.4 Å². The predicted octanol–water partition coefficient (Wildman–Crippen LogP) is 0.384. The van der Waals surface area contributed by atoms with Crippen LogP contribution < -0.4 is 10.6 Å². The molecule has 1 aliphatic rings. The maximum atomic E-state index is 11.5. The monoisotopic (exact) mass is 280 g/mol. The van der Waals surface area contributed by atoms with Gasteiger partial charge in [-0.1, -0.05) is 0 Å². The van der Waals surface area contributed by atoms with E-state index < -0.39 is 0 Å². The SMILES string of the molecule is CC(=O)NCC(=O)Nc1cnn(CC2CCOCC2)c1. The summed E-state index contributed by atoms with van der Waals surface area (Å²) in [5.74, 6) is 0.0905. The molecule has 1 saturated heterocycles. The Balaban J connectivity index is 1.79. The van der Waals surface area contributed by atoms with Crippen molar-refractivity contribution < 1.29 is 14.3 Å². The standard InChI is InChI=1S/C13H20N4O3/c1-10(18)14-7-13(19)16-12-6-15-17(9-12)8-11-2-4-20-5-3-11/h6,9,11H,2-5,7-8H2,1H3,(H,14,18)(H,16,19). The lowest BCUT2D eigenvalue weighted by molar-refractivity contribution is -0.122. The van der Waals surface area contributed by atoms with Crippen LogP contribution in [0.3, 0.4) is 0 Å². The molecule has 110 valence electrons. The van der Waals surface area contributed by atoms with Crippen molar-refractivity contribution in [3.8, 4) is 0 Å². The largest absolute Gasteiger partial charge is 0.381 e. The number of carbonyl (C=O) groups is 2. The van der Waals surface area contributed by atoms with Crippen molar-refractivity contribution in [2.24, 2.45) is 5.92 Å². The zero-order chi connectivity index (χ0) is 14.4. The van der Waals surface area contributed by atoms with Crippen LogP contribution in [-0.2, 0) is 20.9 Å². The third-order valence-corrected chi connectivity index (χ3v) is 3.20. The van der Waals surface area contributed by atoms with E-state index in [0.717, 1.165) is 32.6 Å². The Hall–Kier alpha value is -1.89. The maximum Gasteiger partial charge on any atom is 0.243 e. The molecule has 0 aliphatic carbocycles. The molecule has 20 heavy (non-hydrogen) atoms. The zero-order valence-electron chi connectivity index (χ0n) is 11.6. The normalized spacial score (nSPS) is 15.8. The molecule has 1 aliphatic heterocycles. The van der Waals surface area contributed by atoms with Gasteiger partial charge in [0.2, 0.25) is 11.8 Å². The summed E-state index contributed by atoms with van der Waals surface area (Å²) in [7, 11) is 0. The number of nitrogens with zero attached hydrogens (tertiary/aromatic N) is 2. The van der Waals surface area contributed by atoms with Gasteiger partial charge in [-0.25, -0.2) is 0 Å². The van der Waals surface area contributed by atoms with Crippen LogP contribution in [0.4, 0.5) is 5.69 Å². The first-order valence-electron chi connectivity index (χ1n) is 6.78. The van der Waals surface area contributed by atoms with Crippen LogP contribution in [0.1, 0.15) is 19.8 Å². The highest BCUT2D eigenvalue weighted by atomic mass is 16.5. The number of ether oxygens (including phenoxy) is 1. The highest BCUT2D eigenvalue weighted by Crippen LogP contribution is 2.17. The van der Waals surface area contributed by atoms with Gasteiger partial charge >= 0.3 is 0 Å². The van der Waals surface area contributed by atoms with Crippen molar-refractivity contribution in [2.45, 2.75) is 26.3 Å². The summed E-state index contributed by atoms with van der Waals surface area (Å²) in [4.78, 5) is 22.2. The number of anilines is 1. The van der Waals surface area contributed by atoms with Crippen LogP contribution in [0, 0.1) is 5.92 Å². The molecular formula is C13H20N4O3. The van der Waals surface area contributed by atoms with Gasteiger partial charge in [0.15, 0.2) is 0 Å². The van der Waals surface area contributed by atoms with E-state index in [4.69, 9.17) is 4.74 Å². The number of aromatic nitrogens is 2. The predicted molar refractivity (Wildman–Crippen MR) is 73.1 cm³/mol. The van der Waals surface area contributed by atoms with Gasteiger partial charge in [0.05, 0.1) is 18.4 Å². The average Bonchev–Trinajstić information content (AvgIpc) is 2.85. The molecule has 0 spiro atoms. The fraction of sp³-hybridized carbons (Fsp3) is 0.615. The van der Waals surface area contributed by atoms with Gasteiger partial charge in [-0.2, -0.15) is 5.10 Å². The first-order valence-corrected chi connectivity index (χ1v) is 6.78. The second-order valence-corrected chi connectivity index (χ2v) is 4.96. The number of nitrogens with one attached hydrogen (secondary N) is 2. The van der Waals surface area contributed by atoms with E-state index in [1.165, 1.54) is 6.92 Å². The topological polar surface area (TPSA) is 85.3 Å². The minimum atomic E-state index is -0.259. The van der Waals surface area contributed by atoms with Gasteiger partial charge in [0.1, 0.15) is 0 Å². The molecule has 2 amide bonds. The zero-order valence-corrected chi connectivity index (χ0v) is 11.6. The summed E-state index contributed by atoms with van der Waals surface area (Å²) >= 11 is 0. The van der Waals surface area contributed by atoms with E-state index >= 15 is 0 Å². The van der Waals surface area contributed by atoms with E-state index in [1.807, 2.05) is 4.68 Å². The van der Waals surface area contributed by atoms with Gasteiger partial charge in [-0.3, -0.25) is 14.3 Å². The Morgan fingerprint density at radius 3 is 2.90 bits per heavy atom. The summed E-state index contributed by atoms with van der Waals surface area (Å²) in [5.41, 5.74) is 0.646. The van der Waals surface area contributed by atoms with Crippen molar-refractivity contribution in [2.75, 3.05) is 25.1 Å². The van der Waals surface area contributed by atoms with Crippen molar-refractivity contribution in [3.63, 3.8) is 0 Å². The van der Waals surface area contributed by atoms with E-state index in [1.54, 1.807) is 12.4 Å². The van der Waals surface area contributed by atoms with E-state index in [0.29, 0.717) is 11.6 Å². The number of amides is 2. The summed E-state index contributed by atoms with van der Waals surface area (Å²) in [5, 5.41) is 9.37. The lowest BCUT2D eigenvalue weighted by Gasteiger charge is -2.21. The summed E-state index contributed by atoms with van der Waals surface area (Å²) < 4.78 is 7.16. The quantitative estimate of drug-likeness (QED) is 0.816. The molecule has 0 unspecified atom stereocenters. The first kappa shape index (κ1) is 14.5. The number of hydrogen-bond acceptors (Lipinski definition) is 4. The molecule has 0 atom stereocenters. The van der Waals surface area contributed by atoms with Crippen molar-refractivity contribution in [1.29, 1.82) is 0 Å². The molecule has 1 aromatic heterocycles. The highest BCUT2D eigenvalue weighted by Gasteiger charge is 2.15. The van der Waals surface area contributed by atoms with E-state index in [9.17, 15) is 9.59 Å². The third-order valence-electron chi connectivity index (χ3n) is 3.20. The third kappa shape index (κ3) is 4.65. The van der Waals surface area contributed by atoms with Crippen LogP contribution in [0.25, 0.3) is 0 Å². The van der Waals surface area contributed by atoms with Crippen LogP contribution >= 0.6 is 0 Å². The number of rotatable bonds is 5. The van der Waals surface area contributed by atoms with Gasteiger partial charge in [-0.15, -0.1) is 0 Å². The molecule has 1 aromatic rings. The van der Waals surface area contributed by atoms with Crippen LogP contribution in [0.15, 0.2) is 12.4 Å². The molecule has 2 heterocycles. The Morgan fingerprint density at radius 2 is 2.20 bits per heavy atom. The van der Waals surface area contributed by atoms with Gasteiger partial charge < -0.3 is 15.4 Å². The Labute approximate surface area is 117 Å². The molecule has 0 saturated carbocycles. The van der Waals surface area contributed by atoms with Gasteiger partial charge in [-0.05, 0) is 18.8 Å². The van der Waals surface area contributed by atoms with Gasteiger partial charge in [0.25, 0.3) is 0 Å². The average molecular weight is 280 g/mol. The number of hydrogen-bond donors (Lipinski definition) is 2. The lowest BCUT2D eigenvalue weighted by Crippen LogP contribution is -2.31. The molecule has 0 radical (unpaired) electrons. The van der Waals surface area contributed by atoms with Crippen molar-refractivity contribution in [3.05, 3.63) is 12.4 Å². The Bertz CT molecular complexity index is 466. The maximum absolute atomic E-state index is 11.5. The Kier molecular flexibility index (Phi) is 5.11. The fourth-order valence-electron chi connectivity index (χ4n) is 2.13. The summed E-state index contributed by atoms with van der Waals surface area (Å²) in [6.07, 6.45) is 5.51. The molecule has 7 nitrogen and oxygen atoms in total. The molecule has 1 fully saturated rings. The minimum absolute atomic E-state index is 0.0273. The van der Waals surface area contributed by atoms with E-state index in [2.05, 4.69) is 15.7 Å². The minimum Gasteiger partial charge on any atom is -0.381 e. The van der Waals surface area contributed by atoms with Crippen LogP contribution in [-0.4, -0.2) is 41.4 Å². The molecular weight excluding hydrogens is 260 g/mol. The molecule has 2 rings (SSSR count). The lowest BCUT2D eigenvalue weighted by atomic mass is 10.0. The second kappa shape index (κ2) is 7.04. The first-order chi connectivity index (χ1) is 9.63. The highest BCUT2D eigenvalue weighted by molar-refractivity contribution is 5.93. The molecule has 0 aromatic carbocycles. The molecule has 7 heteroatoms. The smallest absolute Gasteiger partial charge is 0.243 e. The molecule has 0 bridgehead atoms. The molecule has 2 N–H and O–H groups in total. The fourth-order valence-corrected chi connectivity index (χ4v) is 2.13. The second-order valence-electron chi connectivity index (χ2n) is 4.96.